The second-order valence-electron chi connectivity index (χ2n) is 10.2. The predicted molar refractivity (Wildman–Crippen MR) is 159 cm³/mol. The van der Waals surface area contributed by atoms with Gasteiger partial charge < -0.3 is 15.0 Å². The van der Waals surface area contributed by atoms with Crippen LogP contribution in [0, 0.1) is 0 Å². The standard InChI is InChI=1S/C32H30Cl2N4O2/c33-30-7-2-5-24(31(30)34)20-37(25-12-13-25)32(39)29-19-35-16-14-28(29)23-4-1-6-27(18-23)40-21-22-8-10-26(11-9-22)38-17-3-15-36-38/h1-11,15,17-18,25,35H,12-14,16,19-21H2. The van der Waals surface area contributed by atoms with Crippen molar-refractivity contribution in [3.8, 4) is 11.4 Å². The van der Waals surface area contributed by atoms with Gasteiger partial charge in [-0.3, -0.25) is 4.79 Å². The number of aromatic nitrogens is 2. The molecular formula is C32H30Cl2N4O2. The zero-order valence-corrected chi connectivity index (χ0v) is 23.5. The van der Waals surface area contributed by atoms with Crippen LogP contribution in [0.5, 0.6) is 5.75 Å². The fourth-order valence-corrected chi connectivity index (χ4v) is 5.47. The number of hydrogen-bond acceptors (Lipinski definition) is 4. The van der Waals surface area contributed by atoms with Gasteiger partial charge in [0.25, 0.3) is 5.91 Å². The molecule has 1 aromatic heterocycles. The highest BCUT2D eigenvalue weighted by molar-refractivity contribution is 6.42. The van der Waals surface area contributed by atoms with Crippen LogP contribution in [-0.4, -0.2) is 39.7 Å². The molecule has 1 fully saturated rings. The molecule has 204 valence electrons. The first-order chi connectivity index (χ1) is 19.6. The molecule has 4 aromatic rings. The lowest BCUT2D eigenvalue weighted by molar-refractivity contribution is -0.128. The minimum absolute atomic E-state index is 0.0596. The van der Waals surface area contributed by atoms with E-state index in [0.717, 1.165) is 65.1 Å². The van der Waals surface area contributed by atoms with Gasteiger partial charge in [0, 0.05) is 37.1 Å². The van der Waals surface area contributed by atoms with Gasteiger partial charge in [-0.15, -0.1) is 0 Å². The Kier molecular flexibility index (Phi) is 7.91. The molecule has 2 heterocycles. The smallest absolute Gasteiger partial charge is 0.251 e. The zero-order valence-electron chi connectivity index (χ0n) is 22.0. The molecular weight excluding hydrogens is 543 g/mol. The molecule has 8 heteroatoms. The second-order valence-corrected chi connectivity index (χ2v) is 11.0. The quantitative estimate of drug-likeness (QED) is 0.242. The maximum Gasteiger partial charge on any atom is 0.251 e. The van der Waals surface area contributed by atoms with Crippen molar-refractivity contribution in [1.82, 2.24) is 20.0 Å². The summed E-state index contributed by atoms with van der Waals surface area (Å²) in [6.07, 6.45) is 6.47. The minimum Gasteiger partial charge on any atom is -0.489 e. The maximum atomic E-state index is 14.0. The van der Waals surface area contributed by atoms with E-state index in [9.17, 15) is 4.79 Å². The fraction of sp³-hybridized carbons (Fsp3) is 0.250. The van der Waals surface area contributed by atoms with Crippen LogP contribution in [0.15, 0.2) is 90.8 Å². The number of ether oxygens (including phenoxy) is 1. The lowest BCUT2D eigenvalue weighted by Crippen LogP contribution is -2.39. The molecule has 0 saturated heterocycles. The Bertz CT molecular complexity index is 1530. The Morgan fingerprint density at radius 2 is 1.88 bits per heavy atom. The van der Waals surface area contributed by atoms with Crippen LogP contribution >= 0.6 is 23.2 Å². The summed E-state index contributed by atoms with van der Waals surface area (Å²) < 4.78 is 7.99. The van der Waals surface area contributed by atoms with Gasteiger partial charge in [-0.1, -0.05) is 59.6 Å². The number of amides is 1. The van der Waals surface area contributed by atoms with Crippen LogP contribution in [0.4, 0.5) is 0 Å². The predicted octanol–water partition coefficient (Wildman–Crippen LogP) is 6.70. The summed E-state index contributed by atoms with van der Waals surface area (Å²) in [6, 6.07) is 23.9. The van der Waals surface area contributed by atoms with Crippen molar-refractivity contribution < 1.29 is 9.53 Å². The number of rotatable bonds is 9. The molecule has 1 N–H and O–H groups in total. The number of hydrogen-bond donors (Lipinski definition) is 1. The van der Waals surface area contributed by atoms with Crippen LogP contribution in [-0.2, 0) is 17.9 Å². The van der Waals surface area contributed by atoms with E-state index in [1.54, 1.807) is 12.3 Å². The van der Waals surface area contributed by atoms with Gasteiger partial charge in [-0.05, 0) is 84.5 Å². The molecule has 0 radical (unpaired) electrons. The molecule has 3 aromatic carbocycles. The summed E-state index contributed by atoms with van der Waals surface area (Å²) in [5.74, 6) is 0.834. The molecule has 6 rings (SSSR count). The first-order valence-corrected chi connectivity index (χ1v) is 14.3. The van der Waals surface area contributed by atoms with E-state index in [4.69, 9.17) is 27.9 Å². The van der Waals surface area contributed by atoms with Gasteiger partial charge in [0.1, 0.15) is 12.4 Å². The monoisotopic (exact) mass is 572 g/mol. The Hall–Kier alpha value is -3.58. The number of carbonyl (C=O) groups excluding carboxylic acids is 1. The topological polar surface area (TPSA) is 59.4 Å². The highest BCUT2D eigenvalue weighted by Crippen LogP contribution is 2.35. The van der Waals surface area contributed by atoms with E-state index >= 15 is 0 Å². The largest absolute Gasteiger partial charge is 0.489 e. The van der Waals surface area contributed by atoms with E-state index < -0.39 is 0 Å². The van der Waals surface area contributed by atoms with Crippen LogP contribution in [0.3, 0.4) is 0 Å². The third kappa shape index (κ3) is 5.94. The zero-order chi connectivity index (χ0) is 27.5. The van der Waals surface area contributed by atoms with Crippen LogP contribution in [0.25, 0.3) is 11.3 Å². The van der Waals surface area contributed by atoms with Crippen molar-refractivity contribution in [2.24, 2.45) is 0 Å². The number of halogens is 2. The number of nitrogens with one attached hydrogen (secondary N) is 1. The summed E-state index contributed by atoms with van der Waals surface area (Å²) in [6.45, 7) is 2.25. The molecule has 0 spiro atoms. The molecule has 1 aliphatic heterocycles. The summed E-state index contributed by atoms with van der Waals surface area (Å²) in [5.41, 5.74) is 5.84. The van der Waals surface area contributed by atoms with E-state index in [1.165, 1.54) is 0 Å². The number of nitrogens with zero attached hydrogens (tertiary/aromatic N) is 3. The molecule has 0 unspecified atom stereocenters. The van der Waals surface area contributed by atoms with Crippen molar-refractivity contribution in [2.75, 3.05) is 13.1 Å². The normalized spacial score (nSPS) is 15.2. The molecule has 40 heavy (non-hydrogen) atoms. The van der Waals surface area contributed by atoms with Gasteiger partial charge in [0.05, 0.1) is 15.7 Å². The lowest BCUT2D eigenvalue weighted by atomic mass is 9.93. The third-order valence-electron chi connectivity index (χ3n) is 7.39. The minimum atomic E-state index is 0.0596. The molecule has 1 saturated carbocycles. The SMILES string of the molecule is O=C(C1=C(c2cccc(OCc3ccc(-n4cccn4)cc3)c2)CCNC1)N(Cc1cccc(Cl)c1Cl)C1CC1. The Morgan fingerprint density at radius 1 is 1.05 bits per heavy atom. The molecule has 0 atom stereocenters. The Morgan fingerprint density at radius 3 is 2.65 bits per heavy atom. The first-order valence-electron chi connectivity index (χ1n) is 13.6. The van der Waals surface area contributed by atoms with E-state index in [-0.39, 0.29) is 11.9 Å². The third-order valence-corrected chi connectivity index (χ3v) is 8.25. The van der Waals surface area contributed by atoms with Crippen LogP contribution < -0.4 is 10.1 Å². The van der Waals surface area contributed by atoms with Gasteiger partial charge >= 0.3 is 0 Å². The molecule has 6 nitrogen and oxygen atoms in total. The average molecular weight is 574 g/mol. The molecule has 2 aliphatic rings. The van der Waals surface area contributed by atoms with Crippen molar-refractivity contribution in [2.45, 2.75) is 38.5 Å². The van der Waals surface area contributed by atoms with Gasteiger partial charge in [-0.25, -0.2) is 4.68 Å². The van der Waals surface area contributed by atoms with Crippen LogP contribution in [0.2, 0.25) is 10.0 Å². The number of benzene rings is 3. The molecule has 1 aliphatic carbocycles. The highest BCUT2D eigenvalue weighted by atomic mass is 35.5. The summed E-state index contributed by atoms with van der Waals surface area (Å²) in [5, 5.41) is 8.69. The van der Waals surface area contributed by atoms with Crippen molar-refractivity contribution >= 4 is 34.7 Å². The van der Waals surface area contributed by atoms with Crippen molar-refractivity contribution in [1.29, 1.82) is 0 Å². The fourth-order valence-electron chi connectivity index (χ4n) is 5.09. The summed E-state index contributed by atoms with van der Waals surface area (Å²) in [7, 11) is 0. The molecule has 1 amide bonds. The Balaban J connectivity index is 1.20. The van der Waals surface area contributed by atoms with Crippen molar-refractivity contribution in [3.05, 3.63) is 117 Å². The number of carbonyl (C=O) groups is 1. The molecule has 0 bridgehead atoms. The second kappa shape index (κ2) is 11.9. The lowest BCUT2D eigenvalue weighted by Gasteiger charge is -2.28. The van der Waals surface area contributed by atoms with Crippen LogP contribution in [0.1, 0.15) is 36.0 Å². The average Bonchev–Trinajstić information content (AvgIpc) is 3.69. The van der Waals surface area contributed by atoms with E-state index in [0.29, 0.717) is 29.7 Å². The van der Waals surface area contributed by atoms with Gasteiger partial charge in [0.15, 0.2) is 0 Å². The summed E-state index contributed by atoms with van der Waals surface area (Å²) in [4.78, 5) is 16.0. The van der Waals surface area contributed by atoms with Crippen molar-refractivity contribution in [3.63, 3.8) is 0 Å². The van der Waals surface area contributed by atoms with Gasteiger partial charge in [-0.2, -0.15) is 5.10 Å². The maximum absolute atomic E-state index is 14.0. The highest BCUT2D eigenvalue weighted by Gasteiger charge is 2.35. The van der Waals surface area contributed by atoms with E-state index in [1.807, 2.05) is 76.4 Å². The van der Waals surface area contributed by atoms with E-state index in [2.05, 4.69) is 16.5 Å². The Labute approximate surface area is 244 Å². The summed E-state index contributed by atoms with van der Waals surface area (Å²) >= 11 is 12.7. The first kappa shape index (κ1) is 26.6. The van der Waals surface area contributed by atoms with Gasteiger partial charge in [0.2, 0.25) is 0 Å².